The zero-order valence-corrected chi connectivity index (χ0v) is 20.8. The third-order valence-corrected chi connectivity index (χ3v) is 6.63. The second-order valence-corrected chi connectivity index (χ2v) is 9.64. The summed E-state index contributed by atoms with van der Waals surface area (Å²) in [7, 11) is 1.85. The van der Waals surface area contributed by atoms with Gasteiger partial charge in [-0.1, -0.05) is 55.0 Å². The van der Waals surface area contributed by atoms with Crippen LogP contribution in [-0.4, -0.2) is 25.0 Å². The molecule has 176 valence electrons. The lowest BCUT2D eigenvalue weighted by Crippen LogP contribution is -2.39. The fraction of sp³-hybridized carbons (Fsp3) is 0.393. The van der Waals surface area contributed by atoms with Crippen molar-refractivity contribution in [3.63, 3.8) is 0 Å². The maximum Gasteiger partial charge on any atom is 0.266 e. The van der Waals surface area contributed by atoms with E-state index in [2.05, 4.69) is 56.5 Å². The molecule has 2 aromatic carbocycles. The Bertz CT molecular complexity index is 1480. The normalized spacial score (nSPS) is 14.3. The lowest BCUT2D eigenvalue weighted by molar-refractivity contribution is 0.579. The predicted molar refractivity (Wildman–Crippen MR) is 137 cm³/mol. The molecule has 2 heterocycles. The van der Waals surface area contributed by atoms with E-state index >= 15 is 0 Å². The van der Waals surface area contributed by atoms with E-state index in [0.717, 1.165) is 65.0 Å². The highest BCUT2D eigenvalue weighted by Gasteiger charge is 2.25. The molecule has 0 unspecified atom stereocenters. The van der Waals surface area contributed by atoms with Crippen LogP contribution < -0.4 is 11.2 Å². The molecule has 0 spiro atoms. The summed E-state index contributed by atoms with van der Waals surface area (Å²) in [5.74, 6) is 0. The first-order valence-electron chi connectivity index (χ1n) is 12.2. The van der Waals surface area contributed by atoms with Gasteiger partial charge in [0.25, 0.3) is 5.56 Å². The van der Waals surface area contributed by atoms with Crippen molar-refractivity contribution in [2.75, 3.05) is 0 Å². The lowest BCUT2D eigenvalue weighted by Gasteiger charge is -2.15. The van der Waals surface area contributed by atoms with E-state index in [0.29, 0.717) is 18.0 Å². The van der Waals surface area contributed by atoms with Gasteiger partial charge in [0.15, 0.2) is 5.65 Å². The largest absolute Gasteiger partial charge is 0.294 e. The van der Waals surface area contributed by atoms with Crippen molar-refractivity contribution in [3.05, 3.63) is 80.7 Å². The fourth-order valence-corrected chi connectivity index (χ4v) is 5.00. The van der Waals surface area contributed by atoms with E-state index in [-0.39, 0.29) is 5.56 Å². The van der Waals surface area contributed by atoms with Crippen LogP contribution in [0.1, 0.15) is 48.4 Å². The minimum Gasteiger partial charge on any atom is -0.294 e. The Morgan fingerprint density at radius 2 is 1.74 bits per heavy atom. The molecule has 0 radical (unpaired) electrons. The molecule has 1 fully saturated rings. The number of hydrogen-bond acceptors (Lipinski definition) is 3. The number of hydrogen-bond donors (Lipinski definition) is 0. The highest BCUT2D eigenvalue weighted by atomic mass is 16.1. The minimum absolute atomic E-state index is 0.0320. The molecule has 1 aliphatic rings. The first-order chi connectivity index (χ1) is 16.4. The quantitative estimate of drug-likeness (QED) is 0.425. The molecule has 0 atom stereocenters. The van der Waals surface area contributed by atoms with Crippen molar-refractivity contribution < 1.29 is 0 Å². The van der Waals surface area contributed by atoms with Crippen LogP contribution in [0, 0.1) is 20.8 Å². The number of aromatic nitrogens is 4. The second kappa shape index (κ2) is 8.75. The first kappa shape index (κ1) is 22.4. The van der Waals surface area contributed by atoms with Crippen molar-refractivity contribution in [3.8, 4) is 11.3 Å². The van der Waals surface area contributed by atoms with Gasteiger partial charge in [0.05, 0.1) is 18.3 Å². The summed E-state index contributed by atoms with van der Waals surface area (Å²) in [6.45, 7) is 9.89. The van der Waals surface area contributed by atoms with Gasteiger partial charge in [-0.05, 0) is 56.7 Å². The van der Waals surface area contributed by atoms with Crippen molar-refractivity contribution in [2.24, 2.45) is 12.0 Å². The van der Waals surface area contributed by atoms with E-state index in [1.54, 1.807) is 4.57 Å². The Hall–Kier alpha value is -3.41. The molecular weight excluding hydrogens is 422 g/mol. The predicted octanol–water partition coefficient (Wildman–Crippen LogP) is 4.65. The lowest BCUT2D eigenvalue weighted by atomic mass is 9.96. The van der Waals surface area contributed by atoms with Crippen molar-refractivity contribution in [2.45, 2.75) is 66.1 Å². The van der Waals surface area contributed by atoms with Crippen LogP contribution in [0.25, 0.3) is 22.3 Å². The van der Waals surface area contributed by atoms with Gasteiger partial charge in [-0.2, -0.15) is 5.10 Å². The molecule has 34 heavy (non-hydrogen) atoms. The first-order valence-corrected chi connectivity index (χ1v) is 12.2. The van der Waals surface area contributed by atoms with E-state index in [9.17, 15) is 4.79 Å². The SMILES string of the molecule is CCCn1/c(=N/C2CC2)n(C)c(=O)c2c(-c3c(C)cc(C)cc3C)n(Cc3ccccc3)nc21. The Labute approximate surface area is 200 Å². The standard InChI is InChI=1S/C28H33N5O/c1-6-14-32-26-24(27(34)31(5)28(32)29-22-12-13-22)25(23-19(3)15-18(2)16-20(23)4)33(30-26)17-21-10-8-7-9-11-21/h7-11,15-16,22H,6,12-14,17H2,1-5H3/b29-28+. The Morgan fingerprint density at radius 3 is 2.35 bits per heavy atom. The van der Waals surface area contributed by atoms with Gasteiger partial charge >= 0.3 is 0 Å². The summed E-state index contributed by atoms with van der Waals surface area (Å²) in [5.41, 5.74) is 8.11. The molecule has 0 N–H and O–H groups in total. The third kappa shape index (κ3) is 3.91. The topological polar surface area (TPSA) is 57.1 Å². The van der Waals surface area contributed by atoms with Crippen molar-refractivity contribution >= 4 is 11.0 Å². The second-order valence-electron chi connectivity index (χ2n) is 9.64. The number of fused-ring (bicyclic) bond motifs is 1. The van der Waals surface area contributed by atoms with E-state index in [1.807, 2.05) is 29.9 Å². The van der Waals surface area contributed by atoms with Gasteiger partial charge in [0.1, 0.15) is 5.39 Å². The molecular formula is C28H33N5O. The Balaban J connectivity index is 1.90. The molecule has 4 aromatic rings. The average molecular weight is 456 g/mol. The summed E-state index contributed by atoms with van der Waals surface area (Å²) in [4.78, 5) is 18.8. The number of nitrogens with zero attached hydrogens (tertiary/aromatic N) is 5. The summed E-state index contributed by atoms with van der Waals surface area (Å²) in [6.07, 6.45) is 3.12. The molecule has 0 amide bonds. The van der Waals surface area contributed by atoms with Gasteiger partial charge in [-0.15, -0.1) is 0 Å². The van der Waals surface area contributed by atoms with Gasteiger partial charge in [0.2, 0.25) is 5.62 Å². The summed E-state index contributed by atoms with van der Waals surface area (Å²) in [6, 6.07) is 15.0. The number of aryl methyl sites for hydroxylation is 4. The van der Waals surface area contributed by atoms with Crippen molar-refractivity contribution in [1.29, 1.82) is 0 Å². The molecule has 2 aromatic heterocycles. The van der Waals surface area contributed by atoms with Crippen LogP contribution in [0.4, 0.5) is 0 Å². The molecule has 1 saturated carbocycles. The molecule has 6 nitrogen and oxygen atoms in total. The van der Waals surface area contributed by atoms with Gasteiger partial charge < -0.3 is 0 Å². The smallest absolute Gasteiger partial charge is 0.266 e. The summed E-state index contributed by atoms with van der Waals surface area (Å²) < 4.78 is 5.91. The van der Waals surface area contributed by atoms with Gasteiger partial charge in [0, 0.05) is 19.2 Å². The zero-order valence-electron chi connectivity index (χ0n) is 20.8. The fourth-order valence-electron chi connectivity index (χ4n) is 5.00. The molecule has 1 aliphatic carbocycles. The van der Waals surface area contributed by atoms with Crippen LogP contribution >= 0.6 is 0 Å². The number of benzene rings is 2. The highest BCUT2D eigenvalue weighted by molar-refractivity contribution is 5.93. The minimum atomic E-state index is -0.0320. The van der Waals surface area contributed by atoms with E-state index < -0.39 is 0 Å². The molecule has 5 rings (SSSR count). The van der Waals surface area contributed by atoms with Gasteiger partial charge in [-0.25, -0.2) is 4.99 Å². The van der Waals surface area contributed by atoms with E-state index in [4.69, 9.17) is 10.1 Å². The average Bonchev–Trinajstić information content (AvgIpc) is 3.55. The highest BCUT2D eigenvalue weighted by Crippen LogP contribution is 2.33. The number of rotatable bonds is 6. The monoisotopic (exact) mass is 455 g/mol. The molecule has 6 heteroatoms. The van der Waals surface area contributed by atoms with Crippen molar-refractivity contribution in [1.82, 2.24) is 18.9 Å². The van der Waals surface area contributed by atoms with Crippen LogP contribution in [0.15, 0.2) is 52.3 Å². The van der Waals surface area contributed by atoms with Crippen LogP contribution in [0.5, 0.6) is 0 Å². The zero-order chi connectivity index (χ0) is 24.0. The van der Waals surface area contributed by atoms with Gasteiger partial charge in [-0.3, -0.25) is 18.6 Å². The van der Waals surface area contributed by atoms with Crippen LogP contribution in [0.3, 0.4) is 0 Å². The Kier molecular flexibility index (Phi) is 5.76. The molecule has 0 aliphatic heterocycles. The Morgan fingerprint density at radius 1 is 1.06 bits per heavy atom. The van der Waals surface area contributed by atoms with Crippen LogP contribution in [-0.2, 0) is 20.1 Å². The maximum atomic E-state index is 13.9. The van der Waals surface area contributed by atoms with E-state index in [1.165, 1.54) is 5.56 Å². The van der Waals surface area contributed by atoms with Crippen LogP contribution in [0.2, 0.25) is 0 Å². The third-order valence-electron chi connectivity index (χ3n) is 6.63. The summed E-state index contributed by atoms with van der Waals surface area (Å²) in [5, 5.41) is 5.78. The maximum absolute atomic E-state index is 13.9. The summed E-state index contributed by atoms with van der Waals surface area (Å²) >= 11 is 0. The molecule has 0 saturated heterocycles. The molecule has 0 bridgehead atoms.